The van der Waals surface area contributed by atoms with Crippen molar-refractivity contribution in [3.8, 4) is 33.6 Å². The van der Waals surface area contributed by atoms with Crippen molar-refractivity contribution < 1.29 is 0 Å². The van der Waals surface area contributed by atoms with Crippen LogP contribution in [0, 0.1) is 23.7 Å². The van der Waals surface area contributed by atoms with Crippen LogP contribution in [0.4, 0.5) is 17.1 Å². The van der Waals surface area contributed by atoms with Gasteiger partial charge in [0.25, 0.3) is 0 Å². The summed E-state index contributed by atoms with van der Waals surface area (Å²) < 4.78 is 4.82. The summed E-state index contributed by atoms with van der Waals surface area (Å²) in [6.07, 6.45) is 7.10. The average molecular weight is 860 g/mol. The molecule has 11 aromatic rings. The molecule has 4 saturated carbocycles. The third-order valence-corrected chi connectivity index (χ3v) is 16.9. The van der Waals surface area contributed by atoms with E-state index < -0.39 is 0 Å². The quantitative estimate of drug-likeness (QED) is 0.162. The van der Waals surface area contributed by atoms with Gasteiger partial charge in [-0.15, -0.1) is 0 Å². The van der Waals surface area contributed by atoms with Gasteiger partial charge in [-0.05, 0) is 174 Å². The van der Waals surface area contributed by atoms with Crippen LogP contribution in [0.3, 0.4) is 0 Å². The van der Waals surface area contributed by atoms with Gasteiger partial charge in [0.15, 0.2) is 0 Å². The Morgan fingerprint density at radius 3 is 1.55 bits per heavy atom. The van der Waals surface area contributed by atoms with Gasteiger partial charge in [-0.2, -0.15) is 0 Å². The van der Waals surface area contributed by atoms with Gasteiger partial charge in [0, 0.05) is 55.4 Å². The summed E-state index contributed by atoms with van der Waals surface area (Å²) in [4.78, 5) is 2.46. The first-order valence-corrected chi connectivity index (χ1v) is 24.5. The second-order valence-electron chi connectivity index (χ2n) is 20.1. The Labute approximate surface area is 391 Å². The molecule has 4 fully saturated rings. The van der Waals surface area contributed by atoms with Crippen LogP contribution in [0.2, 0.25) is 0 Å². The summed E-state index contributed by atoms with van der Waals surface area (Å²) in [5, 5.41) is 4.97. The summed E-state index contributed by atoms with van der Waals surface area (Å²) in [6.45, 7) is 0. The molecule has 2 aromatic heterocycles. The van der Waals surface area contributed by atoms with Crippen LogP contribution in [0.25, 0.3) is 77.2 Å². The minimum Gasteiger partial charge on any atom is -0.310 e. The summed E-state index contributed by atoms with van der Waals surface area (Å²) in [7, 11) is 0. The molecule has 0 atom stereocenters. The molecule has 3 nitrogen and oxygen atoms in total. The van der Waals surface area contributed by atoms with E-state index in [1.165, 1.54) is 98.0 Å². The molecule has 0 aliphatic heterocycles. The molecule has 1 spiro atoms. The Balaban J connectivity index is 0.892. The number of benzene rings is 9. The third kappa shape index (κ3) is 5.34. The third-order valence-electron chi connectivity index (χ3n) is 16.9. The van der Waals surface area contributed by atoms with Crippen molar-refractivity contribution in [2.75, 3.05) is 4.90 Å². The summed E-state index contributed by atoms with van der Waals surface area (Å²) >= 11 is 0. The van der Waals surface area contributed by atoms with Gasteiger partial charge < -0.3 is 14.0 Å². The predicted octanol–water partition coefficient (Wildman–Crippen LogP) is 16.7. The zero-order valence-electron chi connectivity index (χ0n) is 37.4. The Morgan fingerprint density at radius 2 is 0.851 bits per heavy atom. The highest BCUT2D eigenvalue weighted by Crippen LogP contribution is 2.69. The molecule has 320 valence electrons. The lowest BCUT2D eigenvalue weighted by Gasteiger charge is -2.61. The Hall–Kier alpha value is -7.62. The van der Waals surface area contributed by atoms with E-state index in [1.54, 1.807) is 11.1 Å². The fourth-order valence-corrected chi connectivity index (χ4v) is 14.5. The number of aromatic nitrogens is 2. The Kier molecular flexibility index (Phi) is 7.96. The molecule has 5 aliphatic rings. The zero-order valence-corrected chi connectivity index (χ0v) is 37.4. The molecule has 16 rings (SSSR count). The van der Waals surface area contributed by atoms with Gasteiger partial charge in [-0.1, -0.05) is 127 Å². The van der Waals surface area contributed by atoms with Crippen LogP contribution in [-0.2, 0) is 5.41 Å². The van der Waals surface area contributed by atoms with Crippen molar-refractivity contribution in [1.82, 2.24) is 9.13 Å². The van der Waals surface area contributed by atoms with Crippen molar-refractivity contribution in [3.05, 3.63) is 223 Å². The molecular formula is C64H49N3. The number of hydrogen-bond donors (Lipinski definition) is 0. The van der Waals surface area contributed by atoms with E-state index in [1.807, 2.05) is 0 Å². The monoisotopic (exact) mass is 859 g/mol. The van der Waals surface area contributed by atoms with Gasteiger partial charge in [0.2, 0.25) is 0 Å². The first-order valence-electron chi connectivity index (χ1n) is 24.5. The number of anilines is 3. The average Bonchev–Trinajstić information content (AvgIpc) is 4.00. The van der Waals surface area contributed by atoms with Crippen molar-refractivity contribution in [2.45, 2.75) is 37.5 Å². The smallest absolute Gasteiger partial charge is 0.0561 e. The van der Waals surface area contributed by atoms with Crippen molar-refractivity contribution in [1.29, 1.82) is 0 Å². The molecule has 0 radical (unpaired) electrons. The maximum Gasteiger partial charge on any atom is 0.0561 e. The van der Waals surface area contributed by atoms with Crippen molar-refractivity contribution in [3.63, 3.8) is 0 Å². The van der Waals surface area contributed by atoms with Gasteiger partial charge in [-0.3, -0.25) is 0 Å². The lowest BCUT2D eigenvalue weighted by molar-refractivity contribution is -0.0399. The second-order valence-corrected chi connectivity index (χ2v) is 20.1. The molecular weight excluding hydrogens is 811 g/mol. The van der Waals surface area contributed by atoms with Crippen LogP contribution in [0.5, 0.6) is 0 Å². The van der Waals surface area contributed by atoms with E-state index in [4.69, 9.17) is 0 Å². The van der Waals surface area contributed by atoms with Gasteiger partial charge in [0.05, 0.1) is 22.1 Å². The van der Waals surface area contributed by atoms with Crippen LogP contribution < -0.4 is 4.90 Å². The highest BCUT2D eigenvalue weighted by atomic mass is 15.1. The summed E-state index contributed by atoms with van der Waals surface area (Å²) in [5.74, 6) is 3.41. The molecule has 0 saturated heterocycles. The maximum atomic E-state index is 2.55. The van der Waals surface area contributed by atoms with Gasteiger partial charge in [-0.25, -0.2) is 0 Å². The van der Waals surface area contributed by atoms with Gasteiger partial charge in [0.1, 0.15) is 0 Å². The molecule has 0 unspecified atom stereocenters. The molecule has 5 aliphatic carbocycles. The van der Waals surface area contributed by atoms with Crippen LogP contribution in [0.15, 0.2) is 212 Å². The van der Waals surface area contributed by atoms with Crippen molar-refractivity contribution >= 4 is 60.7 Å². The molecule has 0 amide bonds. The number of para-hydroxylation sites is 4. The van der Waals surface area contributed by atoms with E-state index in [2.05, 4.69) is 226 Å². The normalized spacial score (nSPS) is 21.2. The summed E-state index contributed by atoms with van der Waals surface area (Å²) in [5.41, 5.74) is 19.4. The highest BCUT2D eigenvalue weighted by molar-refractivity contribution is 6.12. The minimum atomic E-state index is 0.185. The zero-order chi connectivity index (χ0) is 43.8. The molecule has 4 bridgehead atoms. The van der Waals surface area contributed by atoms with E-state index in [-0.39, 0.29) is 5.41 Å². The first kappa shape index (κ1) is 37.6. The maximum absolute atomic E-state index is 2.55. The summed E-state index contributed by atoms with van der Waals surface area (Å²) in [6, 6.07) is 79.6. The second kappa shape index (κ2) is 14.2. The van der Waals surface area contributed by atoms with E-state index >= 15 is 0 Å². The van der Waals surface area contributed by atoms with Crippen molar-refractivity contribution in [2.24, 2.45) is 23.7 Å². The number of rotatable bonds is 6. The van der Waals surface area contributed by atoms with E-state index in [0.29, 0.717) is 0 Å². The fourth-order valence-electron chi connectivity index (χ4n) is 14.5. The first-order chi connectivity index (χ1) is 33.2. The number of nitrogens with zero attached hydrogens (tertiary/aromatic N) is 3. The molecule has 9 aromatic carbocycles. The lowest BCUT2D eigenvalue weighted by Crippen LogP contribution is -2.55. The number of fused-ring (bicyclic) bond motifs is 9. The fraction of sp³-hybridized carbons (Fsp3) is 0.156. The van der Waals surface area contributed by atoms with Crippen LogP contribution in [-0.4, -0.2) is 9.13 Å². The Morgan fingerprint density at radius 1 is 0.343 bits per heavy atom. The molecule has 3 heteroatoms. The topological polar surface area (TPSA) is 13.1 Å². The van der Waals surface area contributed by atoms with Gasteiger partial charge >= 0.3 is 0 Å². The SMILES string of the molecule is c1ccc(-n2c3ccccc3c3cc(N(c4ccc(-c5ccc6c(c5)-c5ccccc5C65C6CC7CC(C6)CC5C7)cc4)c4ccc5c6ccccc6n(-c6ccccc6)c5c4)ccc32)cc1. The molecule has 0 N–H and O–H groups in total. The largest absolute Gasteiger partial charge is 0.310 e. The minimum absolute atomic E-state index is 0.185. The standard InChI is InChI=1S/C64H49N3/c1-3-13-47(14-4-1)66-61-22-12-9-19-54(61)57-39-50(29-32-62(57)66)65(51-28-30-55-53-18-8-11-21-60(53)67(63(55)40-51)48-15-5-2-6-16-48)49-26-23-43(24-27-49)44-25-31-59-56(38-44)52-17-7-10-20-58(52)64(59)45-34-41-33-42(36-45)37-46(64)35-41/h1-32,38-42,45-46H,33-37H2. The van der Waals surface area contributed by atoms with Crippen LogP contribution >= 0.6 is 0 Å². The molecule has 2 heterocycles. The lowest BCUT2D eigenvalue weighted by atomic mass is 9.43. The van der Waals surface area contributed by atoms with E-state index in [0.717, 1.165) is 52.1 Å². The Bertz CT molecular complexity index is 3730. The van der Waals surface area contributed by atoms with E-state index in [9.17, 15) is 0 Å². The predicted molar refractivity (Wildman–Crippen MR) is 278 cm³/mol. The highest BCUT2D eigenvalue weighted by Gasteiger charge is 2.61. The molecule has 67 heavy (non-hydrogen) atoms. The number of hydrogen-bond acceptors (Lipinski definition) is 1. The van der Waals surface area contributed by atoms with Crippen LogP contribution in [0.1, 0.15) is 43.2 Å².